The fraction of sp³-hybridized carbons (Fsp3) is 0.385. The second-order valence-electron chi connectivity index (χ2n) is 4.94. The van der Waals surface area contributed by atoms with E-state index in [0.29, 0.717) is 24.7 Å². The minimum Gasteiger partial charge on any atom is -0.465 e. The molecule has 0 saturated heterocycles. The molecule has 0 radical (unpaired) electrons. The third-order valence-electron chi connectivity index (χ3n) is 3.49. The normalized spacial score (nSPS) is 13.9. The second-order valence-corrected chi connectivity index (χ2v) is 4.94. The Morgan fingerprint density at radius 3 is 2.95 bits per heavy atom. The Morgan fingerprint density at radius 2 is 2.29 bits per heavy atom. The molecule has 1 amide bonds. The first-order chi connectivity index (χ1) is 10.0. The number of aromatic nitrogens is 3. The summed E-state index contributed by atoms with van der Waals surface area (Å²) >= 11 is 0. The van der Waals surface area contributed by atoms with Gasteiger partial charge in [-0.25, -0.2) is 14.8 Å². The average Bonchev–Trinajstić information content (AvgIpc) is 2.78. The third kappa shape index (κ3) is 2.51. The maximum atomic E-state index is 11.0. The van der Waals surface area contributed by atoms with Gasteiger partial charge in [-0.1, -0.05) is 5.16 Å². The van der Waals surface area contributed by atoms with E-state index in [4.69, 9.17) is 9.63 Å². The standard InChI is InChI=1S/C13H15N5O3/c1-7-11(8(2)21-17-7)16-12-14-5-9-3-4-18(13(19)20)6-10(9)15-12/h5H,3-4,6H2,1-2H3,(H,19,20)(H,14,15,16). The molecule has 1 aliphatic heterocycles. The van der Waals surface area contributed by atoms with Gasteiger partial charge in [-0.3, -0.25) is 0 Å². The highest BCUT2D eigenvalue weighted by Crippen LogP contribution is 2.23. The first kappa shape index (κ1) is 13.3. The largest absolute Gasteiger partial charge is 0.465 e. The lowest BCUT2D eigenvalue weighted by atomic mass is 10.1. The van der Waals surface area contributed by atoms with E-state index in [2.05, 4.69) is 20.4 Å². The number of nitrogens with zero attached hydrogens (tertiary/aromatic N) is 4. The SMILES string of the molecule is Cc1noc(C)c1Nc1ncc2c(n1)CN(C(=O)O)CC2. The molecular formula is C13H15N5O3. The van der Waals surface area contributed by atoms with Gasteiger partial charge >= 0.3 is 6.09 Å². The van der Waals surface area contributed by atoms with Crippen LogP contribution in [0, 0.1) is 13.8 Å². The molecule has 0 aliphatic carbocycles. The zero-order valence-corrected chi connectivity index (χ0v) is 11.8. The van der Waals surface area contributed by atoms with Crippen LogP contribution in [0.1, 0.15) is 22.7 Å². The van der Waals surface area contributed by atoms with Crippen molar-refractivity contribution < 1.29 is 14.4 Å². The molecule has 0 spiro atoms. The Labute approximate surface area is 120 Å². The molecule has 2 aromatic rings. The lowest BCUT2D eigenvalue weighted by Crippen LogP contribution is -2.35. The zero-order valence-electron chi connectivity index (χ0n) is 11.8. The van der Waals surface area contributed by atoms with Crippen LogP contribution in [0.5, 0.6) is 0 Å². The number of hydrogen-bond acceptors (Lipinski definition) is 6. The minimum absolute atomic E-state index is 0.281. The fourth-order valence-electron chi connectivity index (χ4n) is 2.30. The van der Waals surface area contributed by atoms with Gasteiger partial charge in [0.25, 0.3) is 0 Å². The number of hydrogen-bond donors (Lipinski definition) is 2. The van der Waals surface area contributed by atoms with Gasteiger partial charge in [0, 0.05) is 12.7 Å². The molecule has 0 aromatic carbocycles. The molecule has 1 aliphatic rings. The Balaban J connectivity index is 1.86. The van der Waals surface area contributed by atoms with Gasteiger partial charge in [-0.05, 0) is 25.8 Å². The van der Waals surface area contributed by atoms with Crippen LogP contribution in [0.2, 0.25) is 0 Å². The Hall–Kier alpha value is -2.64. The number of carboxylic acid groups (broad SMARTS) is 1. The predicted molar refractivity (Wildman–Crippen MR) is 73.4 cm³/mol. The molecule has 0 bridgehead atoms. The predicted octanol–water partition coefficient (Wildman–Crippen LogP) is 1.86. The van der Waals surface area contributed by atoms with Gasteiger partial charge in [0.1, 0.15) is 11.4 Å². The van der Waals surface area contributed by atoms with E-state index in [1.165, 1.54) is 4.90 Å². The van der Waals surface area contributed by atoms with E-state index < -0.39 is 6.09 Å². The summed E-state index contributed by atoms with van der Waals surface area (Å²) in [6.45, 7) is 4.38. The van der Waals surface area contributed by atoms with Crippen LogP contribution in [-0.4, -0.2) is 37.8 Å². The summed E-state index contributed by atoms with van der Waals surface area (Å²) in [6.07, 6.45) is 1.44. The number of rotatable bonds is 2. The van der Waals surface area contributed by atoms with E-state index >= 15 is 0 Å². The molecule has 0 atom stereocenters. The van der Waals surface area contributed by atoms with Crippen LogP contribution in [0.15, 0.2) is 10.7 Å². The Morgan fingerprint density at radius 1 is 1.48 bits per heavy atom. The molecule has 0 unspecified atom stereocenters. The van der Waals surface area contributed by atoms with Gasteiger partial charge in [0.2, 0.25) is 5.95 Å². The Bertz CT molecular complexity index is 678. The van der Waals surface area contributed by atoms with Gasteiger partial charge in [0.05, 0.1) is 12.2 Å². The van der Waals surface area contributed by atoms with Gasteiger partial charge in [0.15, 0.2) is 5.76 Å². The van der Waals surface area contributed by atoms with Crippen molar-refractivity contribution in [2.24, 2.45) is 0 Å². The minimum atomic E-state index is -0.931. The maximum Gasteiger partial charge on any atom is 0.407 e. The fourth-order valence-corrected chi connectivity index (χ4v) is 2.30. The first-order valence-corrected chi connectivity index (χ1v) is 6.57. The summed E-state index contributed by atoms with van der Waals surface area (Å²) in [7, 11) is 0. The zero-order chi connectivity index (χ0) is 15.0. The van der Waals surface area contributed by atoms with E-state index in [1.54, 1.807) is 13.1 Å². The van der Waals surface area contributed by atoms with Crippen molar-refractivity contribution in [2.45, 2.75) is 26.8 Å². The molecule has 2 aromatic heterocycles. The molecule has 2 N–H and O–H groups in total. The second kappa shape index (κ2) is 5.04. The molecule has 0 fully saturated rings. The summed E-state index contributed by atoms with van der Waals surface area (Å²) in [5.41, 5.74) is 3.17. The quantitative estimate of drug-likeness (QED) is 0.869. The van der Waals surface area contributed by atoms with Gasteiger partial charge < -0.3 is 19.8 Å². The highest BCUT2D eigenvalue weighted by Gasteiger charge is 2.22. The molecule has 3 rings (SSSR count). The van der Waals surface area contributed by atoms with Crippen LogP contribution in [-0.2, 0) is 13.0 Å². The molecule has 8 nitrogen and oxygen atoms in total. The van der Waals surface area contributed by atoms with Crippen LogP contribution < -0.4 is 5.32 Å². The van der Waals surface area contributed by atoms with Crippen molar-refractivity contribution in [1.82, 2.24) is 20.0 Å². The highest BCUT2D eigenvalue weighted by atomic mass is 16.5. The summed E-state index contributed by atoms with van der Waals surface area (Å²) in [4.78, 5) is 21.1. The monoisotopic (exact) mass is 289 g/mol. The van der Waals surface area contributed by atoms with Crippen molar-refractivity contribution in [2.75, 3.05) is 11.9 Å². The van der Waals surface area contributed by atoms with Crippen molar-refractivity contribution in [3.63, 3.8) is 0 Å². The smallest absolute Gasteiger partial charge is 0.407 e. The van der Waals surface area contributed by atoms with Gasteiger partial charge in [-0.15, -0.1) is 0 Å². The first-order valence-electron chi connectivity index (χ1n) is 6.57. The highest BCUT2D eigenvalue weighted by molar-refractivity contribution is 5.65. The number of carbonyl (C=O) groups is 1. The van der Waals surface area contributed by atoms with E-state index in [0.717, 1.165) is 22.6 Å². The molecule has 110 valence electrons. The number of amides is 1. The number of aryl methyl sites for hydroxylation is 2. The lowest BCUT2D eigenvalue weighted by molar-refractivity contribution is 0.139. The van der Waals surface area contributed by atoms with Crippen molar-refractivity contribution in [3.05, 3.63) is 28.9 Å². The topological polar surface area (TPSA) is 104 Å². The number of fused-ring (bicyclic) bond motifs is 1. The van der Waals surface area contributed by atoms with Crippen molar-refractivity contribution in [1.29, 1.82) is 0 Å². The van der Waals surface area contributed by atoms with E-state index in [1.807, 2.05) is 6.92 Å². The molecule has 3 heterocycles. The summed E-state index contributed by atoms with van der Waals surface area (Å²) in [5.74, 6) is 1.07. The maximum absolute atomic E-state index is 11.0. The molecule has 21 heavy (non-hydrogen) atoms. The van der Waals surface area contributed by atoms with Crippen molar-refractivity contribution in [3.8, 4) is 0 Å². The number of nitrogens with one attached hydrogen (secondary N) is 1. The van der Waals surface area contributed by atoms with E-state index in [-0.39, 0.29) is 6.54 Å². The van der Waals surface area contributed by atoms with Crippen LogP contribution in [0.3, 0.4) is 0 Å². The third-order valence-corrected chi connectivity index (χ3v) is 3.49. The Kier molecular flexibility index (Phi) is 3.20. The van der Waals surface area contributed by atoms with Gasteiger partial charge in [-0.2, -0.15) is 0 Å². The van der Waals surface area contributed by atoms with Crippen LogP contribution in [0.25, 0.3) is 0 Å². The number of anilines is 2. The van der Waals surface area contributed by atoms with Crippen LogP contribution in [0.4, 0.5) is 16.4 Å². The molecule has 8 heteroatoms. The van der Waals surface area contributed by atoms with Crippen LogP contribution >= 0.6 is 0 Å². The lowest BCUT2D eigenvalue weighted by Gasteiger charge is -2.25. The molecule has 0 saturated carbocycles. The average molecular weight is 289 g/mol. The van der Waals surface area contributed by atoms with E-state index in [9.17, 15) is 4.79 Å². The summed E-state index contributed by atoms with van der Waals surface area (Å²) in [6, 6.07) is 0. The molecular weight excluding hydrogens is 274 g/mol. The van der Waals surface area contributed by atoms with Crippen molar-refractivity contribution >= 4 is 17.7 Å². The summed E-state index contributed by atoms with van der Waals surface area (Å²) < 4.78 is 5.07. The summed E-state index contributed by atoms with van der Waals surface area (Å²) in [5, 5.41) is 16.0.